The molecule has 117 valence electrons. The van der Waals surface area contributed by atoms with Crippen molar-refractivity contribution in [2.45, 2.75) is 22.9 Å². The first-order valence-corrected chi connectivity index (χ1v) is 9.62. The van der Waals surface area contributed by atoms with Crippen LogP contribution in [-0.4, -0.2) is 0 Å². The van der Waals surface area contributed by atoms with Crippen molar-refractivity contribution in [1.29, 1.82) is 0 Å². The van der Waals surface area contributed by atoms with Crippen molar-refractivity contribution >= 4 is 12.2 Å². The van der Waals surface area contributed by atoms with E-state index in [1.165, 1.54) is 53.0 Å². The van der Waals surface area contributed by atoms with Crippen LogP contribution in [0.15, 0.2) is 60.7 Å². The van der Waals surface area contributed by atoms with Gasteiger partial charge < -0.3 is 24.8 Å². The predicted octanol–water partition coefficient (Wildman–Crippen LogP) is -0.484. The summed E-state index contributed by atoms with van der Waals surface area (Å²) in [6.45, 7) is 2.23. The van der Waals surface area contributed by atoms with Gasteiger partial charge in [-0.15, -0.1) is 0 Å². The molecule has 2 atom stereocenters. The van der Waals surface area contributed by atoms with Gasteiger partial charge in [-0.05, 0) is 17.5 Å². The first-order chi connectivity index (χ1) is 10.3. The van der Waals surface area contributed by atoms with Crippen LogP contribution in [0.2, 0.25) is 0 Å². The Balaban J connectivity index is 0.000000212. The molecule has 0 saturated heterocycles. The number of halogens is 2. The van der Waals surface area contributed by atoms with Gasteiger partial charge in [-0.3, -0.25) is 0 Å². The van der Waals surface area contributed by atoms with Crippen molar-refractivity contribution in [2.75, 3.05) is 0 Å². The number of fused-ring (bicyclic) bond motifs is 2. The van der Waals surface area contributed by atoms with Gasteiger partial charge >= 0.3 is 75.6 Å². The summed E-state index contributed by atoms with van der Waals surface area (Å²) in [6.07, 6.45) is 10.3. The first-order valence-electron chi connectivity index (χ1n) is 7.55. The Morgan fingerprint density at radius 2 is 1.30 bits per heavy atom. The van der Waals surface area contributed by atoms with Crippen LogP contribution in [-0.2, 0) is 24.4 Å². The van der Waals surface area contributed by atoms with Gasteiger partial charge in [0, 0.05) is 5.92 Å². The van der Waals surface area contributed by atoms with Gasteiger partial charge in [0.2, 0.25) is 0 Å². The number of allylic oxidation sites excluding steroid dienone is 2. The molecule has 0 nitrogen and oxygen atoms in total. The molecule has 0 aliphatic heterocycles. The number of rotatable bonds is 1. The second kappa shape index (κ2) is 9.61. The van der Waals surface area contributed by atoms with Crippen molar-refractivity contribution in [1.82, 2.24) is 0 Å². The van der Waals surface area contributed by atoms with Crippen molar-refractivity contribution < 1.29 is 49.2 Å². The van der Waals surface area contributed by atoms with Crippen molar-refractivity contribution in [2.24, 2.45) is 0 Å². The van der Waals surface area contributed by atoms with Gasteiger partial charge in [-0.1, -0.05) is 43.3 Å². The summed E-state index contributed by atoms with van der Waals surface area (Å²) in [5, 5.41) is 0. The molecule has 3 heteroatoms. The summed E-state index contributed by atoms with van der Waals surface area (Å²) in [5.74, 6) is 0.672. The van der Waals surface area contributed by atoms with Crippen molar-refractivity contribution in [3.63, 3.8) is 0 Å². The molecule has 2 aliphatic rings. The first kappa shape index (κ1) is 20.4. The third-order valence-corrected chi connectivity index (χ3v) is 5.95. The van der Waals surface area contributed by atoms with Crippen LogP contribution in [0.3, 0.4) is 0 Å². The fourth-order valence-electron chi connectivity index (χ4n) is 2.93. The zero-order valence-electron chi connectivity index (χ0n) is 13.0. The maximum atomic E-state index is 2.30. The van der Waals surface area contributed by atoms with Gasteiger partial charge in [0.25, 0.3) is 0 Å². The standard InChI is InChI=1S/C11H12.C9H7.2ClH.Hf/c1-2-9-7-8-10-5-3-4-6-11(9)10;1-2-5-9-7-3-6-8(9)4-1;;;/h3-9H,2H2,1H3;1-7H;2*1H;/q;;;;+2/p-2. The molecule has 0 fully saturated rings. The summed E-state index contributed by atoms with van der Waals surface area (Å²) >= 11 is 1.24. The van der Waals surface area contributed by atoms with Crippen molar-refractivity contribution in [3.8, 4) is 0 Å². The van der Waals surface area contributed by atoms with E-state index in [9.17, 15) is 0 Å². The van der Waals surface area contributed by atoms with E-state index >= 15 is 0 Å². The average Bonchev–Trinajstić information content (AvgIpc) is 3.12. The van der Waals surface area contributed by atoms with E-state index in [2.05, 4.69) is 79.8 Å². The second-order valence-corrected chi connectivity index (χ2v) is 7.70. The molecule has 2 aromatic carbocycles. The Hall–Kier alpha value is -0.630. The van der Waals surface area contributed by atoms with E-state index in [4.69, 9.17) is 0 Å². The Bertz CT molecular complexity index is 692. The molecule has 0 N–H and O–H groups in total. The normalized spacial score (nSPS) is 18.9. The zero-order chi connectivity index (χ0) is 14.7. The van der Waals surface area contributed by atoms with Crippen LogP contribution in [0, 0.1) is 0 Å². The summed E-state index contributed by atoms with van der Waals surface area (Å²) in [5.41, 5.74) is 5.84. The minimum absolute atomic E-state index is 0. The van der Waals surface area contributed by atoms with Crippen LogP contribution in [0.4, 0.5) is 0 Å². The quantitative estimate of drug-likeness (QED) is 0.457. The van der Waals surface area contributed by atoms with Crippen LogP contribution < -0.4 is 24.8 Å². The third kappa shape index (κ3) is 4.68. The topological polar surface area (TPSA) is 0 Å². The van der Waals surface area contributed by atoms with E-state index < -0.39 is 0 Å². The molecule has 2 unspecified atom stereocenters. The van der Waals surface area contributed by atoms with Gasteiger partial charge in [0.1, 0.15) is 0 Å². The van der Waals surface area contributed by atoms with Crippen LogP contribution in [0.5, 0.6) is 0 Å². The summed E-state index contributed by atoms with van der Waals surface area (Å²) in [7, 11) is 0. The molecule has 23 heavy (non-hydrogen) atoms. The van der Waals surface area contributed by atoms with Gasteiger partial charge in [0.05, 0.1) is 0 Å². The summed E-state index contributed by atoms with van der Waals surface area (Å²) in [4.78, 5) is 0. The molecule has 0 heterocycles. The predicted molar refractivity (Wildman–Crippen MR) is 86.7 cm³/mol. The fourth-order valence-corrected chi connectivity index (χ4v) is 4.22. The molecule has 0 aromatic heterocycles. The van der Waals surface area contributed by atoms with Gasteiger partial charge in [-0.2, -0.15) is 0 Å². The Kier molecular flexibility index (Phi) is 8.53. The summed E-state index contributed by atoms with van der Waals surface area (Å²) in [6, 6.07) is 17.3. The molecular formula is C20H19Cl2Hf. The van der Waals surface area contributed by atoms with E-state index in [0.29, 0.717) is 5.92 Å². The van der Waals surface area contributed by atoms with E-state index in [1.807, 2.05) is 0 Å². The minimum atomic E-state index is 0. The van der Waals surface area contributed by atoms with Crippen molar-refractivity contribution in [3.05, 3.63) is 82.9 Å². The Morgan fingerprint density at radius 3 is 1.91 bits per heavy atom. The van der Waals surface area contributed by atoms with Crippen LogP contribution in [0.1, 0.15) is 45.2 Å². The molecule has 2 aromatic rings. The summed E-state index contributed by atoms with van der Waals surface area (Å²) < 4.78 is 0.760. The number of hydrogen-bond acceptors (Lipinski definition) is 0. The SMILES string of the molecule is CCC1C=Cc2ccccc21.[Cl-].[Cl-].[Hf+2][CH]1C=Cc2ccccc21. The fraction of sp³-hybridized carbons (Fsp3) is 0.200. The molecule has 0 bridgehead atoms. The molecule has 0 radical (unpaired) electrons. The van der Waals surface area contributed by atoms with E-state index in [1.54, 1.807) is 0 Å². The van der Waals surface area contributed by atoms with Gasteiger partial charge in [-0.25, -0.2) is 0 Å². The van der Waals surface area contributed by atoms with E-state index in [-0.39, 0.29) is 24.8 Å². The molecule has 0 amide bonds. The van der Waals surface area contributed by atoms with Gasteiger partial charge in [0.15, 0.2) is 0 Å². The Labute approximate surface area is 166 Å². The molecule has 0 spiro atoms. The average molecular weight is 509 g/mol. The molecule has 0 saturated carbocycles. The second-order valence-electron chi connectivity index (χ2n) is 5.47. The third-order valence-electron chi connectivity index (χ3n) is 4.14. The monoisotopic (exact) mass is 509 g/mol. The van der Waals surface area contributed by atoms with Crippen LogP contribution >= 0.6 is 0 Å². The zero-order valence-corrected chi connectivity index (χ0v) is 18.2. The molecule has 4 rings (SSSR count). The maximum absolute atomic E-state index is 2.30. The molecule has 2 aliphatic carbocycles. The number of hydrogen-bond donors (Lipinski definition) is 0. The van der Waals surface area contributed by atoms with Crippen LogP contribution in [0.25, 0.3) is 12.2 Å². The number of benzene rings is 2. The van der Waals surface area contributed by atoms with E-state index in [0.717, 1.165) is 3.67 Å². The Morgan fingerprint density at radius 1 is 0.783 bits per heavy atom. The molecular weight excluding hydrogens is 490 g/mol.